The van der Waals surface area contributed by atoms with Gasteiger partial charge in [0.2, 0.25) is 0 Å². The van der Waals surface area contributed by atoms with Gasteiger partial charge in [0.25, 0.3) is 17.4 Å². The molecule has 35 heavy (non-hydrogen) atoms. The van der Waals surface area contributed by atoms with Crippen molar-refractivity contribution in [3.8, 4) is 0 Å². The molecule has 0 aliphatic carbocycles. The molecule has 4 aromatic rings. The van der Waals surface area contributed by atoms with Crippen molar-refractivity contribution in [2.45, 2.75) is 26.3 Å². The van der Waals surface area contributed by atoms with Gasteiger partial charge < -0.3 is 14.2 Å². The summed E-state index contributed by atoms with van der Waals surface area (Å²) < 4.78 is 1.99. The first-order chi connectivity index (χ1) is 16.6. The average molecular weight is 474 g/mol. The van der Waals surface area contributed by atoms with E-state index in [-0.39, 0.29) is 29.7 Å². The van der Waals surface area contributed by atoms with E-state index in [1.165, 1.54) is 4.52 Å². The number of hydrogen-bond donors (Lipinski definition) is 0. The number of carbonyl (C=O) groups is 3. The highest BCUT2D eigenvalue weighted by atomic mass is 16.7. The summed E-state index contributed by atoms with van der Waals surface area (Å²) in [6.07, 6.45) is -0.00688. The Morgan fingerprint density at radius 1 is 1.06 bits per heavy atom. The third kappa shape index (κ3) is 2.96. The Hall–Kier alpha value is -4.05. The SMILES string of the molecule is Cc1nn2c(=O)c3cc4c(c5cccc(c53)c2c1C(=O)ON1C(=O)CCC1=O)N(C)C[N+](C)(C)C4. The zero-order valence-electron chi connectivity index (χ0n) is 19.9. The number of anilines is 1. The van der Waals surface area contributed by atoms with Crippen LogP contribution in [-0.2, 0) is 21.0 Å². The van der Waals surface area contributed by atoms with Crippen LogP contribution in [-0.4, -0.2) is 64.8 Å². The monoisotopic (exact) mass is 474 g/mol. The maximum Gasteiger partial charge on any atom is 0.368 e. The summed E-state index contributed by atoms with van der Waals surface area (Å²) in [6, 6.07) is 7.69. The van der Waals surface area contributed by atoms with Crippen molar-refractivity contribution in [3.05, 3.63) is 51.4 Å². The second-order valence-electron chi connectivity index (χ2n) is 10.1. The minimum absolute atomic E-state index is 0.00344. The highest BCUT2D eigenvalue weighted by molar-refractivity contribution is 6.21. The van der Waals surface area contributed by atoms with Gasteiger partial charge in [0.1, 0.15) is 12.1 Å². The minimum Gasteiger partial charge on any atom is -0.327 e. The predicted octanol–water partition coefficient (Wildman–Crippen LogP) is 1.95. The molecule has 10 nitrogen and oxygen atoms in total. The lowest BCUT2D eigenvalue weighted by Gasteiger charge is -2.41. The Bertz CT molecular complexity index is 1650. The van der Waals surface area contributed by atoms with Crippen LogP contribution in [0.5, 0.6) is 0 Å². The Labute approximate surface area is 199 Å². The van der Waals surface area contributed by atoms with Crippen molar-refractivity contribution in [2.24, 2.45) is 0 Å². The summed E-state index contributed by atoms with van der Waals surface area (Å²) in [4.78, 5) is 58.2. The summed E-state index contributed by atoms with van der Waals surface area (Å²) in [5.41, 5.74) is 2.47. The molecular formula is C25H24N5O5+. The van der Waals surface area contributed by atoms with E-state index in [1.54, 1.807) is 6.92 Å². The maximum atomic E-state index is 13.7. The van der Waals surface area contributed by atoms with Crippen molar-refractivity contribution in [1.82, 2.24) is 14.7 Å². The second kappa shape index (κ2) is 6.98. The molecule has 0 saturated carbocycles. The molecule has 4 heterocycles. The number of amides is 2. The first-order valence-electron chi connectivity index (χ1n) is 11.4. The molecule has 0 radical (unpaired) electrons. The number of hydroxylamine groups is 2. The zero-order chi connectivity index (χ0) is 24.8. The van der Waals surface area contributed by atoms with Crippen molar-refractivity contribution >= 4 is 50.5 Å². The van der Waals surface area contributed by atoms with Crippen LogP contribution >= 0.6 is 0 Å². The maximum absolute atomic E-state index is 13.7. The van der Waals surface area contributed by atoms with Gasteiger partial charge in [0, 0.05) is 41.6 Å². The average Bonchev–Trinajstić information content (AvgIpc) is 3.29. The lowest BCUT2D eigenvalue weighted by molar-refractivity contribution is -0.904. The van der Waals surface area contributed by atoms with Crippen molar-refractivity contribution in [1.29, 1.82) is 0 Å². The van der Waals surface area contributed by atoms with Crippen LogP contribution < -0.4 is 10.5 Å². The number of rotatable bonds is 2. The summed E-state index contributed by atoms with van der Waals surface area (Å²) >= 11 is 0. The van der Waals surface area contributed by atoms with Gasteiger partial charge in [-0.05, 0) is 13.0 Å². The van der Waals surface area contributed by atoms with E-state index in [4.69, 9.17) is 4.84 Å². The van der Waals surface area contributed by atoms with Crippen LogP contribution in [0, 0.1) is 6.92 Å². The molecule has 178 valence electrons. The molecule has 2 aromatic heterocycles. The second-order valence-corrected chi connectivity index (χ2v) is 10.1. The van der Waals surface area contributed by atoms with E-state index in [9.17, 15) is 19.2 Å². The third-order valence-electron chi connectivity index (χ3n) is 6.91. The van der Waals surface area contributed by atoms with E-state index < -0.39 is 17.8 Å². The summed E-state index contributed by atoms with van der Waals surface area (Å²) in [5.74, 6) is -2.03. The van der Waals surface area contributed by atoms with Crippen LogP contribution in [0.1, 0.15) is 34.5 Å². The topological polar surface area (TPSA) is 101 Å². The number of aromatic nitrogens is 2. The first-order valence-corrected chi connectivity index (χ1v) is 11.4. The van der Waals surface area contributed by atoms with Crippen LogP contribution in [0.15, 0.2) is 29.1 Å². The van der Waals surface area contributed by atoms with E-state index >= 15 is 0 Å². The van der Waals surface area contributed by atoms with Crippen LogP contribution in [0.2, 0.25) is 0 Å². The molecule has 1 fully saturated rings. The number of pyridine rings is 1. The van der Waals surface area contributed by atoms with Crippen molar-refractivity contribution in [2.75, 3.05) is 32.7 Å². The number of fused-ring (bicyclic) bond motifs is 4. The quantitative estimate of drug-likeness (QED) is 0.323. The van der Waals surface area contributed by atoms with E-state index in [1.807, 2.05) is 31.3 Å². The van der Waals surface area contributed by atoms with Gasteiger partial charge in [-0.15, -0.1) is 5.06 Å². The predicted molar refractivity (Wildman–Crippen MR) is 128 cm³/mol. The van der Waals surface area contributed by atoms with Gasteiger partial charge in [0.15, 0.2) is 6.67 Å². The Morgan fingerprint density at radius 3 is 2.46 bits per heavy atom. The van der Waals surface area contributed by atoms with Gasteiger partial charge in [0.05, 0.1) is 36.4 Å². The van der Waals surface area contributed by atoms with Crippen molar-refractivity contribution < 1.29 is 23.7 Å². The number of imide groups is 1. The lowest BCUT2D eigenvalue weighted by atomic mass is 9.94. The fourth-order valence-electron chi connectivity index (χ4n) is 5.69. The number of benzene rings is 2. The smallest absolute Gasteiger partial charge is 0.327 e. The fourth-order valence-corrected chi connectivity index (χ4v) is 5.69. The number of quaternary nitrogens is 1. The molecule has 2 amide bonds. The Morgan fingerprint density at radius 2 is 1.74 bits per heavy atom. The largest absolute Gasteiger partial charge is 0.368 e. The Kier molecular flexibility index (Phi) is 4.29. The lowest BCUT2D eigenvalue weighted by Crippen LogP contribution is -2.50. The van der Waals surface area contributed by atoms with E-state index in [0.717, 1.165) is 39.7 Å². The van der Waals surface area contributed by atoms with Crippen LogP contribution in [0.25, 0.3) is 27.1 Å². The Balaban J connectivity index is 1.64. The number of carbonyl (C=O) groups excluding carboxylic acids is 3. The molecule has 10 heteroatoms. The molecule has 0 spiro atoms. The van der Waals surface area contributed by atoms with E-state index in [2.05, 4.69) is 24.1 Å². The number of aryl methyl sites for hydroxylation is 1. The molecule has 0 N–H and O–H groups in total. The summed E-state index contributed by atoms with van der Waals surface area (Å²) in [5, 5.41) is 7.78. The fraction of sp³-hybridized carbons (Fsp3) is 0.320. The van der Waals surface area contributed by atoms with Gasteiger partial charge in [-0.2, -0.15) is 9.61 Å². The zero-order valence-corrected chi connectivity index (χ0v) is 19.9. The molecule has 2 aliphatic rings. The van der Waals surface area contributed by atoms with Gasteiger partial charge in [-0.1, -0.05) is 18.2 Å². The number of hydrogen-bond acceptors (Lipinski definition) is 7. The molecule has 0 bridgehead atoms. The van der Waals surface area contributed by atoms with Crippen LogP contribution in [0.4, 0.5) is 5.69 Å². The van der Waals surface area contributed by atoms with Gasteiger partial charge >= 0.3 is 5.97 Å². The third-order valence-corrected chi connectivity index (χ3v) is 6.91. The molecular weight excluding hydrogens is 450 g/mol. The molecule has 2 aromatic carbocycles. The van der Waals surface area contributed by atoms with E-state index in [0.29, 0.717) is 21.4 Å². The first kappa shape index (κ1) is 21.5. The molecule has 1 saturated heterocycles. The molecule has 2 aliphatic heterocycles. The normalized spacial score (nSPS) is 17.7. The summed E-state index contributed by atoms with van der Waals surface area (Å²) in [7, 11) is 6.34. The highest BCUT2D eigenvalue weighted by Crippen LogP contribution is 2.41. The van der Waals surface area contributed by atoms with Crippen LogP contribution in [0.3, 0.4) is 0 Å². The number of nitrogens with zero attached hydrogens (tertiary/aromatic N) is 5. The van der Waals surface area contributed by atoms with Gasteiger partial charge in [-0.3, -0.25) is 14.4 Å². The highest BCUT2D eigenvalue weighted by Gasteiger charge is 2.36. The molecule has 0 unspecified atom stereocenters. The molecule has 0 atom stereocenters. The standard InChI is InChI=1S/C25H24N5O5/c1-13-20(25(34)35-29-18(31)8-9-19(29)32)23-16-7-5-6-15-21(16)17(24(33)28(23)26-13)10-14-11-30(3,4)12-27(2)22(14)15/h5-7,10H,8-9,11-12H2,1-4H3/q+1. The van der Waals surface area contributed by atoms with Crippen molar-refractivity contribution in [3.63, 3.8) is 0 Å². The summed E-state index contributed by atoms with van der Waals surface area (Å²) in [6.45, 7) is 3.19. The molecule has 6 rings (SSSR count). The minimum atomic E-state index is -0.894. The van der Waals surface area contributed by atoms with Gasteiger partial charge in [-0.25, -0.2) is 4.79 Å².